The first-order chi connectivity index (χ1) is 14.7. The molecule has 5 rings (SSSR count). The Bertz CT molecular complexity index is 992. The van der Waals surface area contributed by atoms with Crippen molar-refractivity contribution in [3.8, 4) is 0 Å². The van der Waals surface area contributed by atoms with Gasteiger partial charge in [0.2, 0.25) is 11.8 Å². The van der Waals surface area contributed by atoms with Crippen LogP contribution in [0.4, 0.5) is 5.69 Å². The lowest BCUT2D eigenvalue weighted by Gasteiger charge is -2.38. The van der Waals surface area contributed by atoms with Crippen molar-refractivity contribution in [2.45, 2.75) is 51.8 Å². The Morgan fingerprint density at radius 3 is 2.61 bits per heavy atom. The van der Waals surface area contributed by atoms with E-state index in [1.165, 1.54) is 4.90 Å². The second-order valence-electron chi connectivity index (χ2n) is 9.99. The van der Waals surface area contributed by atoms with Crippen molar-refractivity contribution >= 4 is 45.3 Å². The molecule has 31 heavy (non-hydrogen) atoms. The Kier molecular flexibility index (Phi) is 4.90. The number of amides is 2. The van der Waals surface area contributed by atoms with E-state index < -0.39 is 23.3 Å². The second-order valence-corrected chi connectivity index (χ2v) is 10.9. The first-order valence-electron chi connectivity index (χ1n) is 11.0. The SMILES string of the molecule is CC(C)(C)C(=O)[C@@H]1[C@@H]2C(=O)N(C[C@@H]3CCCO3)C(=O)[C@H]2[C@@H]2C=Cc3cc(Br)ccc3N12. The number of carbonyl (C=O) groups is 3. The third-order valence-corrected chi connectivity index (χ3v) is 7.47. The van der Waals surface area contributed by atoms with Gasteiger partial charge in [-0.05, 0) is 36.6 Å². The average Bonchev–Trinajstić information content (AvgIpc) is 3.40. The van der Waals surface area contributed by atoms with E-state index in [1.54, 1.807) is 0 Å². The minimum atomic E-state index is -0.662. The normalized spacial score (nSPS) is 31.8. The van der Waals surface area contributed by atoms with E-state index >= 15 is 0 Å². The van der Waals surface area contributed by atoms with Crippen LogP contribution >= 0.6 is 15.9 Å². The molecule has 4 aliphatic rings. The zero-order chi connectivity index (χ0) is 22.1. The number of likely N-dealkylation sites (tertiary alicyclic amines) is 1. The molecule has 4 aliphatic heterocycles. The topological polar surface area (TPSA) is 66.9 Å². The predicted octanol–water partition coefficient (Wildman–Crippen LogP) is 3.43. The second kappa shape index (κ2) is 7.27. The van der Waals surface area contributed by atoms with Crippen molar-refractivity contribution in [2.24, 2.45) is 17.3 Å². The third kappa shape index (κ3) is 3.20. The van der Waals surface area contributed by atoms with E-state index in [2.05, 4.69) is 15.9 Å². The molecule has 0 saturated carbocycles. The number of anilines is 1. The molecule has 4 heterocycles. The Morgan fingerprint density at radius 2 is 1.94 bits per heavy atom. The molecule has 0 radical (unpaired) electrons. The van der Waals surface area contributed by atoms with E-state index in [9.17, 15) is 14.4 Å². The number of benzene rings is 1. The standard InChI is InChI=1S/C24H27BrN2O4/c1-24(2,3)21(28)20-19-18(22(29)26(23(19)30)12-15-5-4-10-31-15)17-8-6-13-11-14(25)7-9-16(13)27(17)20/h6-9,11,15,17-20H,4-5,10,12H2,1-3H3/t15-,17-,18-,19+,20-/m0/s1. The molecule has 0 bridgehead atoms. The molecular weight excluding hydrogens is 460 g/mol. The van der Waals surface area contributed by atoms with Crippen LogP contribution in [0, 0.1) is 17.3 Å². The first kappa shape index (κ1) is 20.9. The van der Waals surface area contributed by atoms with Gasteiger partial charge in [0.05, 0.1) is 30.5 Å². The monoisotopic (exact) mass is 486 g/mol. The van der Waals surface area contributed by atoms with Crippen molar-refractivity contribution in [2.75, 3.05) is 18.1 Å². The number of ketones is 1. The van der Waals surface area contributed by atoms with Crippen molar-refractivity contribution < 1.29 is 19.1 Å². The fraction of sp³-hybridized carbons (Fsp3) is 0.542. The molecule has 0 N–H and O–H groups in total. The number of hydrogen-bond acceptors (Lipinski definition) is 5. The van der Waals surface area contributed by atoms with E-state index in [1.807, 2.05) is 56.0 Å². The molecular formula is C24H27BrN2O4. The van der Waals surface area contributed by atoms with Gasteiger partial charge in [-0.2, -0.15) is 0 Å². The molecule has 5 atom stereocenters. The number of imide groups is 1. The Balaban J connectivity index is 1.58. The summed E-state index contributed by atoms with van der Waals surface area (Å²) in [5.74, 6) is -1.61. The summed E-state index contributed by atoms with van der Waals surface area (Å²) < 4.78 is 6.63. The number of fused-ring (bicyclic) bond motifs is 5. The van der Waals surface area contributed by atoms with E-state index in [4.69, 9.17) is 4.74 Å². The smallest absolute Gasteiger partial charge is 0.235 e. The highest BCUT2D eigenvalue weighted by Crippen LogP contribution is 2.50. The fourth-order valence-corrected chi connectivity index (χ4v) is 5.90. The van der Waals surface area contributed by atoms with Gasteiger partial charge in [-0.3, -0.25) is 19.3 Å². The number of rotatable bonds is 3. The largest absolute Gasteiger partial charge is 0.376 e. The number of nitrogens with zero attached hydrogens (tertiary/aromatic N) is 2. The van der Waals surface area contributed by atoms with Crippen molar-refractivity contribution in [3.05, 3.63) is 34.3 Å². The minimum Gasteiger partial charge on any atom is -0.376 e. The maximum Gasteiger partial charge on any atom is 0.235 e. The molecule has 1 aromatic rings. The minimum absolute atomic E-state index is 0.00529. The fourth-order valence-electron chi connectivity index (χ4n) is 5.52. The molecule has 7 heteroatoms. The van der Waals surface area contributed by atoms with E-state index in [0.717, 1.165) is 28.6 Å². The number of halogens is 1. The summed E-state index contributed by atoms with van der Waals surface area (Å²) in [6, 6.07) is 4.95. The lowest BCUT2D eigenvalue weighted by molar-refractivity contribution is -0.143. The van der Waals surface area contributed by atoms with Crippen LogP contribution in [0.2, 0.25) is 0 Å². The Labute approximate surface area is 190 Å². The Hall–Kier alpha value is -1.99. The summed E-state index contributed by atoms with van der Waals surface area (Å²) in [5.41, 5.74) is 1.25. The summed E-state index contributed by atoms with van der Waals surface area (Å²) >= 11 is 3.51. The van der Waals surface area contributed by atoms with Gasteiger partial charge in [0.25, 0.3) is 0 Å². The van der Waals surface area contributed by atoms with Gasteiger partial charge >= 0.3 is 0 Å². The molecule has 0 aliphatic carbocycles. The van der Waals surface area contributed by atoms with E-state index in [-0.39, 0.29) is 29.7 Å². The third-order valence-electron chi connectivity index (χ3n) is 6.98. The van der Waals surface area contributed by atoms with Gasteiger partial charge in [-0.15, -0.1) is 0 Å². The highest BCUT2D eigenvalue weighted by atomic mass is 79.9. The van der Waals surface area contributed by atoms with Gasteiger partial charge in [-0.25, -0.2) is 0 Å². The van der Waals surface area contributed by atoms with Gasteiger partial charge < -0.3 is 9.64 Å². The zero-order valence-corrected chi connectivity index (χ0v) is 19.6. The molecule has 0 unspecified atom stereocenters. The van der Waals surface area contributed by atoms with Crippen LogP contribution in [0.25, 0.3) is 6.08 Å². The van der Waals surface area contributed by atoms with E-state index in [0.29, 0.717) is 13.2 Å². The molecule has 0 spiro atoms. The van der Waals surface area contributed by atoms with Crippen LogP contribution in [0.1, 0.15) is 39.2 Å². The molecule has 164 valence electrons. The summed E-state index contributed by atoms with van der Waals surface area (Å²) in [6.07, 6.45) is 5.70. The van der Waals surface area contributed by atoms with Crippen LogP contribution in [0.3, 0.4) is 0 Å². The average molecular weight is 487 g/mol. The maximum absolute atomic E-state index is 13.7. The summed E-state index contributed by atoms with van der Waals surface area (Å²) in [6.45, 7) is 6.60. The molecule has 1 aromatic carbocycles. The zero-order valence-electron chi connectivity index (χ0n) is 18.0. The number of hydrogen-bond donors (Lipinski definition) is 0. The van der Waals surface area contributed by atoms with Crippen LogP contribution in [-0.4, -0.2) is 53.8 Å². The molecule has 3 fully saturated rings. The van der Waals surface area contributed by atoms with Crippen molar-refractivity contribution in [3.63, 3.8) is 0 Å². The van der Waals surface area contributed by atoms with Crippen LogP contribution in [0.15, 0.2) is 28.7 Å². The maximum atomic E-state index is 13.7. The van der Waals surface area contributed by atoms with Crippen molar-refractivity contribution in [1.82, 2.24) is 4.90 Å². The van der Waals surface area contributed by atoms with Gasteiger partial charge in [0.15, 0.2) is 5.78 Å². The lowest BCUT2D eigenvalue weighted by Crippen LogP contribution is -2.52. The lowest BCUT2D eigenvalue weighted by atomic mass is 9.79. The molecule has 6 nitrogen and oxygen atoms in total. The summed E-state index contributed by atoms with van der Waals surface area (Å²) in [4.78, 5) is 44.1. The molecule has 2 amide bonds. The molecule has 3 saturated heterocycles. The predicted molar refractivity (Wildman–Crippen MR) is 120 cm³/mol. The highest BCUT2D eigenvalue weighted by molar-refractivity contribution is 9.10. The summed E-state index contributed by atoms with van der Waals surface area (Å²) in [5, 5.41) is 0. The number of Topliss-reactive ketones (excluding diaryl/α,β-unsaturated/α-hetero) is 1. The molecule has 0 aromatic heterocycles. The first-order valence-corrected chi connectivity index (χ1v) is 11.7. The van der Waals surface area contributed by atoms with Crippen LogP contribution < -0.4 is 4.90 Å². The highest BCUT2D eigenvalue weighted by Gasteiger charge is 2.64. The Morgan fingerprint density at radius 1 is 1.19 bits per heavy atom. The quantitative estimate of drug-likeness (QED) is 0.612. The van der Waals surface area contributed by atoms with Gasteiger partial charge in [0, 0.05) is 22.2 Å². The van der Waals surface area contributed by atoms with Gasteiger partial charge in [0.1, 0.15) is 6.04 Å². The van der Waals surface area contributed by atoms with Crippen LogP contribution in [-0.2, 0) is 19.1 Å². The summed E-state index contributed by atoms with van der Waals surface area (Å²) in [7, 11) is 0. The van der Waals surface area contributed by atoms with Gasteiger partial charge in [-0.1, -0.05) is 48.9 Å². The number of carbonyl (C=O) groups excluding carboxylic acids is 3. The van der Waals surface area contributed by atoms with Crippen molar-refractivity contribution in [1.29, 1.82) is 0 Å². The number of ether oxygens (including phenoxy) is 1. The van der Waals surface area contributed by atoms with Crippen LogP contribution in [0.5, 0.6) is 0 Å².